The van der Waals surface area contributed by atoms with E-state index in [1.165, 1.54) is 63.8 Å². The van der Waals surface area contributed by atoms with Gasteiger partial charge < -0.3 is 19.1 Å². The molecule has 0 spiro atoms. The molecule has 0 N–H and O–H groups in total. The highest BCUT2D eigenvalue weighted by molar-refractivity contribution is 6.23. The van der Waals surface area contributed by atoms with Gasteiger partial charge in [-0.3, -0.25) is 24.5 Å². The van der Waals surface area contributed by atoms with Crippen molar-refractivity contribution in [3.8, 4) is 0 Å². The average molecular weight is 485 g/mol. The molecule has 1 saturated heterocycles. The summed E-state index contributed by atoms with van der Waals surface area (Å²) in [6.45, 7) is -0.215. The van der Waals surface area contributed by atoms with Crippen LogP contribution in [0.4, 0.5) is 11.4 Å². The smallest absolute Gasteiger partial charge is 0.337 e. The standard InChI is InChI=1S/C23H23N3O9/c1-33-20(34-2)13-24(21(28)15-5-4-6-17(11-15)26(31)32)18-12-19(27)25(22(18)29)16-9-7-14(8-10-16)23(30)35-3/h4-11,18,20H,12-13H2,1-3H3. The van der Waals surface area contributed by atoms with Gasteiger partial charge in [0.25, 0.3) is 17.5 Å². The number of nitro groups is 1. The molecule has 0 saturated carbocycles. The molecule has 2 aromatic carbocycles. The molecule has 3 rings (SSSR count). The number of anilines is 1. The summed E-state index contributed by atoms with van der Waals surface area (Å²) in [5, 5.41) is 11.2. The van der Waals surface area contributed by atoms with Gasteiger partial charge in [0, 0.05) is 31.9 Å². The number of non-ortho nitro benzene ring substituents is 1. The number of nitrogens with zero attached hydrogens (tertiary/aromatic N) is 3. The predicted molar refractivity (Wildman–Crippen MR) is 121 cm³/mol. The third-order valence-corrected chi connectivity index (χ3v) is 5.48. The molecule has 1 heterocycles. The van der Waals surface area contributed by atoms with Crippen LogP contribution in [0, 0.1) is 10.1 Å². The van der Waals surface area contributed by atoms with Gasteiger partial charge in [0.15, 0.2) is 6.29 Å². The van der Waals surface area contributed by atoms with E-state index in [1.54, 1.807) is 0 Å². The van der Waals surface area contributed by atoms with Crippen LogP contribution in [-0.2, 0) is 23.8 Å². The van der Waals surface area contributed by atoms with Crippen molar-refractivity contribution in [1.82, 2.24) is 4.90 Å². The first-order valence-corrected chi connectivity index (χ1v) is 10.4. The second kappa shape index (κ2) is 10.8. The molecule has 184 valence electrons. The number of nitro benzene ring substituents is 1. The first-order valence-electron chi connectivity index (χ1n) is 10.4. The van der Waals surface area contributed by atoms with Gasteiger partial charge in [-0.15, -0.1) is 0 Å². The molecule has 0 aliphatic carbocycles. The Bertz CT molecular complexity index is 1150. The Morgan fingerprint density at radius 2 is 1.74 bits per heavy atom. The van der Waals surface area contributed by atoms with Crippen molar-refractivity contribution < 1.29 is 38.3 Å². The summed E-state index contributed by atoms with van der Waals surface area (Å²) >= 11 is 0. The lowest BCUT2D eigenvalue weighted by Crippen LogP contribution is -2.49. The van der Waals surface area contributed by atoms with Crippen LogP contribution in [0.2, 0.25) is 0 Å². The van der Waals surface area contributed by atoms with Crippen molar-refractivity contribution in [3.63, 3.8) is 0 Å². The Labute approximate surface area is 200 Å². The Balaban J connectivity index is 1.94. The molecule has 2 aromatic rings. The summed E-state index contributed by atoms with van der Waals surface area (Å²) in [5.41, 5.74) is 0.114. The number of esters is 1. The number of carbonyl (C=O) groups excluding carboxylic acids is 4. The molecular weight excluding hydrogens is 462 g/mol. The van der Waals surface area contributed by atoms with Gasteiger partial charge in [0.2, 0.25) is 5.91 Å². The van der Waals surface area contributed by atoms with Crippen LogP contribution in [0.3, 0.4) is 0 Å². The minimum absolute atomic E-state index is 0.0358. The van der Waals surface area contributed by atoms with Gasteiger partial charge in [-0.1, -0.05) is 6.07 Å². The molecule has 1 aliphatic heterocycles. The van der Waals surface area contributed by atoms with Crippen LogP contribution in [-0.4, -0.2) is 73.7 Å². The number of imide groups is 1. The Kier molecular flexibility index (Phi) is 7.89. The monoisotopic (exact) mass is 485 g/mol. The lowest BCUT2D eigenvalue weighted by atomic mass is 10.1. The molecule has 12 nitrogen and oxygen atoms in total. The zero-order chi connectivity index (χ0) is 25.7. The van der Waals surface area contributed by atoms with E-state index >= 15 is 0 Å². The number of methoxy groups -OCH3 is 3. The zero-order valence-electron chi connectivity index (χ0n) is 19.2. The van der Waals surface area contributed by atoms with Crippen LogP contribution < -0.4 is 4.90 Å². The maximum atomic E-state index is 13.4. The topological polar surface area (TPSA) is 146 Å². The Hall–Kier alpha value is -4.16. The van der Waals surface area contributed by atoms with Gasteiger partial charge in [0.1, 0.15) is 6.04 Å². The molecule has 1 fully saturated rings. The summed E-state index contributed by atoms with van der Waals surface area (Å²) in [5.74, 6) is -2.52. The quantitative estimate of drug-likeness (QED) is 0.170. The first kappa shape index (κ1) is 25.5. The zero-order valence-corrected chi connectivity index (χ0v) is 19.2. The van der Waals surface area contributed by atoms with E-state index in [0.29, 0.717) is 0 Å². The van der Waals surface area contributed by atoms with E-state index in [-0.39, 0.29) is 35.5 Å². The van der Waals surface area contributed by atoms with Crippen LogP contribution in [0.25, 0.3) is 0 Å². The van der Waals surface area contributed by atoms with Crippen molar-refractivity contribution >= 4 is 35.1 Å². The predicted octanol–water partition coefficient (Wildman–Crippen LogP) is 1.77. The van der Waals surface area contributed by atoms with E-state index in [2.05, 4.69) is 4.74 Å². The van der Waals surface area contributed by atoms with E-state index in [1.807, 2.05) is 0 Å². The number of rotatable bonds is 9. The Morgan fingerprint density at radius 3 is 2.31 bits per heavy atom. The van der Waals surface area contributed by atoms with E-state index in [4.69, 9.17) is 9.47 Å². The summed E-state index contributed by atoms with van der Waals surface area (Å²) in [4.78, 5) is 63.8. The first-order chi connectivity index (χ1) is 16.7. The highest BCUT2D eigenvalue weighted by Crippen LogP contribution is 2.28. The molecule has 0 radical (unpaired) electrons. The highest BCUT2D eigenvalue weighted by Gasteiger charge is 2.45. The van der Waals surface area contributed by atoms with Gasteiger partial charge in [-0.05, 0) is 30.3 Å². The van der Waals surface area contributed by atoms with Crippen LogP contribution in [0.5, 0.6) is 0 Å². The largest absolute Gasteiger partial charge is 0.465 e. The van der Waals surface area contributed by atoms with Gasteiger partial charge >= 0.3 is 5.97 Å². The number of ether oxygens (including phenoxy) is 3. The van der Waals surface area contributed by atoms with E-state index in [0.717, 1.165) is 15.9 Å². The molecule has 12 heteroatoms. The van der Waals surface area contributed by atoms with Crippen molar-refractivity contribution in [2.24, 2.45) is 0 Å². The average Bonchev–Trinajstić information content (AvgIpc) is 3.17. The van der Waals surface area contributed by atoms with Gasteiger partial charge in [0.05, 0.1) is 36.2 Å². The number of amides is 3. The second-order valence-corrected chi connectivity index (χ2v) is 7.49. The number of benzene rings is 2. The summed E-state index contributed by atoms with van der Waals surface area (Å²) in [6, 6.07) is 9.51. The minimum Gasteiger partial charge on any atom is -0.465 e. The molecule has 0 aromatic heterocycles. The number of hydrogen-bond acceptors (Lipinski definition) is 9. The van der Waals surface area contributed by atoms with Crippen LogP contribution >= 0.6 is 0 Å². The maximum absolute atomic E-state index is 13.4. The van der Waals surface area contributed by atoms with Crippen LogP contribution in [0.1, 0.15) is 27.1 Å². The maximum Gasteiger partial charge on any atom is 0.337 e. The van der Waals surface area contributed by atoms with Crippen molar-refractivity contribution in [1.29, 1.82) is 0 Å². The minimum atomic E-state index is -1.21. The van der Waals surface area contributed by atoms with Gasteiger partial charge in [-0.2, -0.15) is 0 Å². The fourth-order valence-electron chi connectivity index (χ4n) is 3.67. The highest BCUT2D eigenvalue weighted by atomic mass is 16.7. The summed E-state index contributed by atoms with van der Waals surface area (Å²) in [7, 11) is 3.93. The van der Waals surface area contributed by atoms with Crippen molar-refractivity contribution in [2.45, 2.75) is 18.8 Å². The number of carbonyl (C=O) groups is 4. The lowest BCUT2D eigenvalue weighted by Gasteiger charge is -2.30. The number of hydrogen-bond donors (Lipinski definition) is 0. The second-order valence-electron chi connectivity index (χ2n) is 7.49. The normalized spacial score (nSPS) is 15.4. The van der Waals surface area contributed by atoms with Crippen LogP contribution in [0.15, 0.2) is 48.5 Å². The lowest BCUT2D eigenvalue weighted by molar-refractivity contribution is -0.384. The molecule has 1 unspecified atom stereocenters. The Morgan fingerprint density at radius 1 is 1.09 bits per heavy atom. The van der Waals surface area contributed by atoms with E-state index in [9.17, 15) is 29.3 Å². The van der Waals surface area contributed by atoms with Crippen molar-refractivity contribution in [2.75, 3.05) is 32.8 Å². The van der Waals surface area contributed by atoms with Gasteiger partial charge in [-0.25, -0.2) is 9.69 Å². The molecule has 1 aliphatic rings. The molecule has 1 atom stereocenters. The van der Waals surface area contributed by atoms with E-state index < -0.39 is 40.9 Å². The molecule has 35 heavy (non-hydrogen) atoms. The van der Waals surface area contributed by atoms with Crippen molar-refractivity contribution in [3.05, 3.63) is 69.8 Å². The fraction of sp³-hybridized carbons (Fsp3) is 0.304. The molecular formula is C23H23N3O9. The summed E-state index contributed by atoms with van der Waals surface area (Å²) < 4.78 is 15.0. The third kappa shape index (κ3) is 5.34. The third-order valence-electron chi connectivity index (χ3n) is 5.48. The fourth-order valence-corrected chi connectivity index (χ4v) is 3.67. The molecule has 0 bridgehead atoms. The summed E-state index contributed by atoms with van der Waals surface area (Å²) in [6.07, 6.45) is -1.24. The molecule has 3 amide bonds. The SMILES string of the molecule is COC(=O)c1ccc(N2C(=O)CC(N(CC(OC)OC)C(=O)c3cccc([N+](=O)[O-])c3)C2=O)cc1.